The van der Waals surface area contributed by atoms with Gasteiger partial charge in [-0.3, -0.25) is 0 Å². The van der Waals surface area contributed by atoms with Gasteiger partial charge in [-0.05, 0) is 26.0 Å². The maximum Gasteiger partial charge on any atom is 0.244 e. The van der Waals surface area contributed by atoms with Crippen molar-refractivity contribution in [1.82, 2.24) is 14.7 Å². The Labute approximate surface area is 148 Å². The predicted octanol–water partition coefficient (Wildman–Crippen LogP) is 1.62. The molecular formula is C16H23N5O3S. The lowest BCUT2D eigenvalue weighted by Gasteiger charge is -2.12. The highest BCUT2D eigenvalue weighted by Crippen LogP contribution is 2.22. The molecule has 1 aromatic carbocycles. The zero-order valence-corrected chi connectivity index (χ0v) is 15.4. The van der Waals surface area contributed by atoms with E-state index in [4.69, 9.17) is 4.74 Å². The fourth-order valence-electron chi connectivity index (χ4n) is 2.22. The summed E-state index contributed by atoms with van der Waals surface area (Å²) in [5.74, 6) is 2.31. The first kappa shape index (κ1) is 18.9. The van der Waals surface area contributed by atoms with E-state index < -0.39 is 10.0 Å². The second-order valence-corrected chi connectivity index (χ2v) is 6.93. The Balaban J connectivity index is 1.94. The molecule has 1 heterocycles. The molecule has 0 bridgehead atoms. The van der Waals surface area contributed by atoms with E-state index in [1.54, 1.807) is 31.2 Å². The van der Waals surface area contributed by atoms with E-state index in [-0.39, 0.29) is 11.4 Å². The van der Waals surface area contributed by atoms with Crippen LogP contribution in [-0.4, -0.2) is 45.1 Å². The Kier molecular flexibility index (Phi) is 6.54. The SMILES string of the molecule is CCNc1cc(NCCNS(=O)(=O)c2ccccc2OC)nc(C)n1. The zero-order valence-electron chi connectivity index (χ0n) is 14.5. The van der Waals surface area contributed by atoms with Crippen LogP contribution in [0.25, 0.3) is 0 Å². The van der Waals surface area contributed by atoms with Gasteiger partial charge in [-0.15, -0.1) is 0 Å². The molecule has 0 amide bonds. The first-order chi connectivity index (χ1) is 12.0. The molecule has 0 atom stereocenters. The van der Waals surface area contributed by atoms with Crippen LogP contribution in [0.15, 0.2) is 35.2 Å². The highest BCUT2D eigenvalue weighted by molar-refractivity contribution is 7.89. The van der Waals surface area contributed by atoms with Crippen LogP contribution >= 0.6 is 0 Å². The highest BCUT2D eigenvalue weighted by Gasteiger charge is 2.18. The molecule has 0 radical (unpaired) electrons. The topological polar surface area (TPSA) is 105 Å². The minimum atomic E-state index is -3.64. The fourth-order valence-corrected chi connectivity index (χ4v) is 3.42. The summed E-state index contributed by atoms with van der Waals surface area (Å²) in [5, 5.41) is 6.21. The number of aryl methyl sites for hydroxylation is 1. The molecule has 0 fully saturated rings. The monoisotopic (exact) mass is 365 g/mol. The number of methoxy groups -OCH3 is 1. The Morgan fingerprint density at radius 3 is 2.44 bits per heavy atom. The number of benzene rings is 1. The smallest absolute Gasteiger partial charge is 0.244 e. The maximum atomic E-state index is 12.4. The molecule has 9 heteroatoms. The molecule has 0 aliphatic carbocycles. The second kappa shape index (κ2) is 8.63. The summed E-state index contributed by atoms with van der Waals surface area (Å²) in [6.45, 7) is 5.14. The third kappa shape index (κ3) is 5.30. The van der Waals surface area contributed by atoms with Crippen LogP contribution in [0.5, 0.6) is 5.75 Å². The van der Waals surface area contributed by atoms with E-state index in [2.05, 4.69) is 25.3 Å². The summed E-state index contributed by atoms with van der Waals surface area (Å²) in [6, 6.07) is 8.27. The van der Waals surface area contributed by atoms with Crippen molar-refractivity contribution in [3.05, 3.63) is 36.2 Å². The van der Waals surface area contributed by atoms with Crippen LogP contribution < -0.4 is 20.1 Å². The second-order valence-electron chi connectivity index (χ2n) is 5.19. The molecular weight excluding hydrogens is 342 g/mol. The van der Waals surface area contributed by atoms with Gasteiger partial charge in [0.2, 0.25) is 10.0 Å². The van der Waals surface area contributed by atoms with Crippen LogP contribution in [0.2, 0.25) is 0 Å². The molecule has 2 aromatic rings. The predicted molar refractivity (Wildman–Crippen MR) is 97.6 cm³/mol. The summed E-state index contributed by atoms with van der Waals surface area (Å²) in [5.41, 5.74) is 0. The van der Waals surface area contributed by atoms with E-state index in [1.807, 2.05) is 6.92 Å². The van der Waals surface area contributed by atoms with Gasteiger partial charge in [-0.25, -0.2) is 23.1 Å². The highest BCUT2D eigenvalue weighted by atomic mass is 32.2. The minimum Gasteiger partial charge on any atom is -0.495 e. The number of hydrogen-bond donors (Lipinski definition) is 3. The van der Waals surface area contributed by atoms with Crippen molar-refractivity contribution in [3.8, 4) is 5.75 Å². The van der Waals surface area contributed by atoms with Crippen LogP contribution in [0.3, 0.4) is 0 Å². The number of anilines is 2. The van der Waals surface area contributed by atoms with Gasteiger partial charge in [0.25, 0.3) is 0 Å². The molecule has 2 rings (SSSR count). The quantitative estimate of drug-likeness (QED) is 0.580. The summed E-state index contributed by atoms with van der Waals surface area (Å²) < 4.78 is 32.4. The summed E-state index contributed by atoms with van der Waals surface area (Å²) in [4.78, 5) is 8.65. The lowest BCUT2D eigenvalue weighted by Crippen LogP contribution is -2.29. The molecule has 8 nitrogen and oxygen atoms in total. The van der Waals surface area contributed by atoms with Crippen LogP contribution in [0, 0.1) is 6.92 Å². The molecule has 0 spiro atoms. The van der Waals surface area contributed by atoms with Crippen molar-refractivity contribution in [1.29, 1.82) is 0 Å². The van der Waals surface area contributed by atoms with Crippen molar-refractivity contribution < 1.29 is 13.2 Å². The van der Waals surface area contributed by atoms with E-state index >= 15 is 0 Å². The summed E-state index contributed by atoms with van der Waals surface area (Å²) in [6.07, 6.45) is 0. The first-order valence-electron chi connectivity index (χ1n) is 7.92. The zero-order chi connectivity index (χ0) is 18.3. The standard InChI is InChI=1S/C16H23N5O3S/c1-4-17-15-11-16(21-12(2)20-15)18-9-10-19-25(22,23)14-8-6-5-7-13(14)24-3/h5-8,11,19H,4,9-10H2,1-3H3,(H2,17,18,20,21). The molecule has 3 N–H and O–H groups in total. The van der Waals surface area contributed by atoms with Crippen LogP contribution in [-0.2, 0) is 10.0 Å². The van der Waals surface area contributed by atoms with Gasteiger partial charge in [0.05, 0.1) is 7.11 Å². The molecule has 0 unspecified atom stereocenters. The molecule has 136 valence electrons. The third-order valence-electron chi connectivity index (χ3n) is 3.28. The largest absolute Gasteiger partial charge is 0.495 e. The number of aromatic nitrogens is 2. The van der Waals surface area contributed by atoms with Gasteiger partial charge in [0.15, 0.2) is 0 Å². The minimum absolute atomic E-state index is 0.116. The normalized spacial score (nSPS) is 11.2. The Morgan fingerprint density at radius 2 is 1.76 bits per heavy atom. The number of nitrogens with zero attached hydrogens (tertiary/aromatic N) is 2. The van der Waals surface area contributed by atoms with Crippen molar-refractivity contribution in [2.24, 2.45) is 0 Å². The number of ether oxygens (including phenoxy) is 1. The molecule has 25 heavy (non-hydrogen) atoms. The van der Waals surface area contributed by atoms with Crippen molar-refractivity contribution >= 4 is 21.7 Å². The fraction of sp³-hybridized carbons (Fsp3) is 0.375. The lowest BCUT2D eigenvalue weighted by molar-refractivity contribution is 0.402. The summed E-state index contributed by atoms with van der Waals surface area (Å²) in [7, 11) is -2.20. The Bertz CT molecular complexity index is 811. The first-order valence-corrected chi connectivity index (χ1v) is 9.40. The van der Waals surface area contributed by atoms with E-state index in [9.17, 15) is 8.42 Å². The third-order valence-corrected chi connectivity index (χ3v) is 4.78. The average molecular weight is 365 g/mol. The lowest BCUT2D eigenvalue weighted by atomic mass is 10.3. The molecule has 0 saturated carbocycles. The van der Waals surface area contributed by atoms with E-state index in [0.717, 1.165) is 12.4 Å². The van der Waals surface area contributed by atoms with Gasteiger partial charge in [-0.1, -0.05) is 12.1 Å². The van der Waals surface area contributed by atoms with Gasteiger partial charge in [0.1, 0.15) is 28.1 Å². The molecule has 0 aliphatic heterocycles. The van der Waals surface area contributed by atoms with E-state index in [0.29, 0.717) is 23.9 Å². The van der Waals surface area contributed by atoms with Gasteiger partial charge >= 0.3 is 0 Å². The van der Waals surface area contributed by atoms with Gasteiger partial charge in [-0.2, -0.15) is 0 Å². The maximum absolute atomic E-state index is 12.4. The number of rotatable bonds is 9. The van der Waals surface area contributed by atoms with Gasteiger partial charge < -0.3 is 15.4 Å². The van der Waals surface area contributed by atoms with E-state index in [1.165, 1.54) is 13.2 Å². The Hall–Kier alpha value is -2.39. The van der Waals surface area contributed by atoms with Crippen molar-refractivity contribution in [2.75, 3.05) is 37.4 Å². The van der Waals surface area contributed by atoms with Crippen molar-refractivity contribution in [2.45, 2.75) is 18.7 Å². The summed E-state index contributed by atoms with van der Waals surface area (Å²) >= 11 is 0. The Morgan fingerprint density at radius 1 is 1.08 bits per heavy atom. The van der Waals surface area contributed by atoms with Crippen molar-refractivity contribution in [3.63, 3.8) is 0 Å². The number of sulfonamides is 1. The van der Waals surface area contributed by atoms with Crippen LogP contribution in [0.1, 0.15) is 12.7 Å². The average Bonchev–Trinajstić information content (AvgIpc) is 2.58. The molecule has 1 aromatic heterocycles. The number of hydrogen-bond acceptors (Lipinski definition) is 7. The van der Waals surface area contributed by atoms with Crippen LogP contribution in [0.4, 0.5) is 11.6 Å². The number of nitrogens with one attached hydrogen (secondary N) is 3. The molecule has 0 aliphatic rings. The van der Waals surface area contributed by atoms with Gasteiger partial charge in [0, 0.05) is 25.7 Å². The molecule has 0 saturated heterocycles. The number of para-hydroxylation sites is 1.